The number of dihydropyridines is 1. The Balaban J connectivity index is 2.56. The van der Waals surface area contributed by atoms with Gasteiger partial charge in [0.2, 0.25) is 0 Å². The van der Waals surface area contributed by atoms with E-state index in [1.54, 1.807) is 18.1 Å². The fourth-order valence-electron chi connectivity index (χ4n) is 1.78. The lowest BCUT2D eigenvalue weighted by molar-refractivity contribution is 0.566. The third-order valence-electron chi connectivity index (χ3n) is 2.73. The minimum Gasteiger partial charge on any atom is -0.348 e. The van der Waals surface area contributed by atoms with Crippen LogP contribution in [0.2, 0.25) is 5.02 Å². The van der Waals surface area contributed by atoms with E-state index < -0.39 is 0 Å². The van der Waals surface area contributed by atoms with E-state index in [1.807, 2.05) is 25.1 Å². The summed E-state index contributed by atoms with van der Waals surface area (Å²) in [5.74, 6) is 1.72. The maximum atomic E-state index is 10.8. The van der Waals surface area contributed by atoms with Gasteiger partial charge in [0.25, 0.3) is 0 Å². The summed E-state index contributed by atoms with van der Waals surface area (Å²) in [6, 6.07) is 7.50. The maximum absolute atomic E-state index is 10.8. The topological polar surface area (TPSA) is 52.9 Å². The summed E-state index contributed by atoms with van der Waals surface area (Å²) in [5.41, 5.74) is 2.89. The molecule has 0 aliphatic carbocycles. The number of nitrogens with zero attached hydrogens (tertiary/aromatic N) is 1. The molecule has 0 aromatic heterocycles. The molecule has 0 bridgehead atoms. The molecular weight excluding hydrogens is 328 g/mol. The van der Waals surface area contributed by atoms with Crippen LogP contribution in [0.4, 0.5) is 0 Å². The average molecular weight is 336 g/mol. The third kappa shape index (κ3) is 2.64. The van der Waals surface area contributed by atoms with Crippen molar-refractivity contribution in [2.24, 2.45) is 0 Å². The maximum Gasteiger partial charge on any atom is 0.151 e. The number of halogens is 2. The van der Waals surface area contributed by atoms with E-state index in [0.29, 0.717) is 5.02 Å². The highest BCUT2D eigenvalue weighted by molar-refractivity contribution is 9.10. The van der Waals surface area contributed by atoms with Crippen LogP contribution in [-0.2, 0) is 4.79 Å². The van der Waals surface area contributed by atoms with Gasteiger partial charge < -0.3 is 5.32 Å². The highest BCUT2D eigenvalue weighted by Gasteiger charge is 2.17. The molecule has 1 heterocycles. The summed E-state index contributed by atoms with van der Waals surface area (Å²) in [7, 11) is 0. The van der Waals surface area contributed by atoms with Gasteiger partial charge in [-0.2, -0.15) is 5.26 Å². The molecule has 3 nitrogen and oxygen atoms in total. The molecule has 0 unspecified atom stereocenters. The Morgan fingerprint density at radius 2 is 2.16 bits per heavy atom. The molecule has 0 fully saturated rings. The van der Waals surface area contributed by atoms with Crippen LogP contribution in [-0.4, -0.2) is 5.94 Å². The first-order valence-electron chi connectivity index (χ1n) is 5.37. The molecule has 0 saturated heterocycles. The second kappa shape index (κ2) is 5.46. The van der Waals surface area contributed by atoms with Crippen molar-refractivity contribution in [3.05, 3.63) is 56.3 Å². The van der Waals surface area contributed by atoms with Crippen LogP contribution in [0, 0.1) is 11.3 Å². The van der Waals surface area contributed by atoms with Gasteiger partial charge in [-0.25, -0.2) is 4.79 Å². The normalized spacial score (nSPS) is 14.4. The number of hydrogen-bond acceptors (Lipinski definition) is 3. The van der Waals surface area contributed by atoms with Crippen molar-refractivity contribution in [2.45, 2.75) is 6.92 Å². The molecule has 1 N–H and O–H groups in total. The molecule has 0 atom stereocenters. The van der Waals surface area contributed by atoms with Crippen molar-refractivity contribution in [1.29, 1.82) is 5.26 Å². The highest BCUT2D eigenvalue weighted by Crippen LogP contribution is 2.31. The molecule has 1 aromatic rings. The van der Waals surface area contributed by atoms with Gasteiger partial charge in [0.05, 0.1) is 10.6 Å². The molecular formula is C14H8BrClN2O. The van der Waals surface area contributed by atoms with Gasteiger partial charge in [0, 0.05) is 15.7 Å². The third-order valence-corrected chi connectivity index (χ3v) is 3.96. The van der Waals surface area contributed by atoms with Crippen molar-refractivity contribution >= 4 is 39.0 Å². The summed E-state index contributed by atoms with van der Waals surface area (Å²) in [6.45, 7) is 1.83. The van der Waals surface area contributed by atoms with Crippen molar-refractivity contribution in [2.75, 3.05) is 0 Å². The van der Waals surface area contributed by atoms with E-state index >= 15 is 0 Å². The van der Waals surface area contributed by atoms with Crippen LogP contribution >= 0.6 is 27.5 Å². The lowest BCUT2D eigenvalue weighted by atomic mass is 9.97. The molecule has 5 heteroatoms. The molecule has 0 saturated carbocycles. The summed E-state index contributed by atoms with van der Waals surface area (Å²) in [6.07, 6.45) is 1.66. The minimum absolute atomic E-state index is 0.159. The molecule has 19 heavy (non-hydrogen) atoms. The smallest absolute Gasteiger partial charge is 0.151 e. The second-order valence-corrected chi connectivity index (χ2v) is 5.20. The van der Waals surface area contributed by atoms with Crippen molar-refractivity contribution in [3.63, 3.8) is 0 Å². The van der Waals surface area contributed by atoms with Crippen LogP contribution in [0.1, 0.15) is 12.5 Å². The number of benzene rings is 1. The van der Waals surface area contributed by atoms with E-state index in [1.165, 1.54) is 0 Å². The fraction of sp³-hybridized carbons (Fsp3) is 0.0714. The van der Waals surface area contributed by atoms with E-state index in [4.69, 9.17) is 16.9 Å². The van der Waals surface area contributed by atoms with Crippen LogP contribution in [0.25, 0.3) is 5.57 Å². The number of nitriles is 1. The first-order valence-corrected chi connectivity index (χ1v) is 6.54. The molecule has 94 valence electrons. The average Bonchev–Trinajstić information content (AvgIpc) is 2.41. The Labute approximate surface area is 124 Å². The number of nitrogens with one attached hydrogen (secondary N) is 1. The molecule has 0 spiro atoms. The summed E-state index contributed by atoms with van der Waals surface area (Å²) in [5, 5.41) is 12.5. The predicted octanol–water partition coefficient (Wildman–Crippen LogP) is 3.60. The van der Waals surface area contributed by atoms with Gasteiger partial charge >= 0.3 is 0 Å². The van der Waals surface area contributed by atoms with Crippen LogP contribution in [0.5, 0.6) is 0 Å². The van der Waals surface area contributed by atoms with Gasteiger partial charge in [0.15, 0.2) is 5.94 Å². The molecule has 1 aromatic carbocycles. The molecule has 0 radical (unpaired) electrons. The number of carbonyl (C=O) groups excluding carboxylic acids is 1. The van der Waals surface area contributed by atoms with Crippen molar-refractivity contribution in [1.82, 2.24) is 5.32 Å². The zero-order valence-electron chi connectivity index (χ0n) is 9.92. The highest BCUT2D eigenvalue weighted by atomic mass is 79.9. The minimum atomic E-state index is 0.159. The first kappa shape index (κ1) is 13.6. The Morgan fingerprint density at radius 3 is 2.74 bits per heavy atom. The zero-order chi connectivity index (χ0) is 14.0. The van der Waals surface area contributed by atoms with Gasteiger partial charge in [-0.15, -0.1) is 0 Å². The quantitative estimate of drug-likeness (QED) is 0.798. The van der Waals surface area contributed by atoms with Crippen LogP contribution in [0.3, 0.4) is 0 Å². The van der Waals surface area contributed by atoms with Crippen molar-refractivity contribution < 1.29 is 4.79 Å². The Bertz CT molecular complexity index is 707. The second-order valence-electron chi connectivity index (χ2n) is 3.94. The largest absolute Gasteiger partial charge is 0.348 e. The Morgan fingerprint density at radius 1 is 1.42 bits per heavy atom. The lowest BCUT2D eigenvalue weighted by Crippen LogP contribution is -2.18. The first-order chi connectivity index (χ1) is 9.06. The molecule has 1 aliphatic rings. The lowest BCUT2D eigenvalue weighted by Gasteiger charge is -2.18. The molecule has 0 amide bonds. The van der Waals surface area contributed by atoms with Gasteiger partial charge in [0.1, 0.15) is 11.8 Å². The van der Waals surface area contributed by atoms with E-state index in [-0.39, 0.29) is 11.3 Å². The Hall–Kier alpha value is -1.79. The van der Waals surface area contributed by atoms with Gasteiger partial charge in [-0.1, -0.05) is 17.7 Å². The standard InChI is InChI=1S/C14H8BrClN2O/c1-8-11(4-10(6-17)14(7-19)18-8)9-2-3-12(15)13(16)5-9/h2-5,18H,1H3. The number of allylic oxidation sites excluding steroid dienone is 4. The Kier molecular flexibility index (Phi) is 3.92. The van der Waals surface area contributed by atoms with Crippen molar-refractivity contribution in [3.8, 4) is 6.07 Å². The van der Waals surface area contributed by atoms with Gasteiger partial charge in [-0.05, 0) is 46.6 Å². The molecule has 2 rings (SSSR count). The van der Waals surface area contributed by atoms with E-state index in [0.717, 1.165) is 21.3 Å². The zero-order valence-corrected chi connectivity index (χ0v) is 12.3. The molecule has 1 aliphatic heterocycles. The predicted molar refractivity (Wildman–Crippen MR) is 77.8 cm³/mol. The van der Waals surface area contributed by atoms with Crippen LogP contribution in [0.15, 0.2) is 45.7 Å². The van der Waals surface area contributed by atoms with E-state index in [2.05, 4.69) is 21.2 Å². The summed E-state index contributed by atoms with van der Waals surface area (Å²) >= 11 is 9.39. The fourth-order valence-corrected chi connectivity index (χ4v) is 2.21. The number of rotatable bonds is 1. The van der Waals surface area contributed by atoms with Crippen LogP contribution < -0.4 is 5.32 Å². The summed E-state index contributed by atoms with van der Waals surface area (Å²) < 4.78 is 0.804. The van der Waals surface area contributed by atoms with E-state index in [9.17, 15) is 4.79 Å². The monoisotopic (exact) mass is 334 g/mol. The van der Waals surface area contributed by atoms with Gasteiger partial charge in [-0.3, -0.25) is 0 Å². The summed E-state index contributed by atoms with van der Waals surface area (Å²) in [4.78, 5) is 10.8. The SMILES string of the molecule is CC1=C(c2ccc(Br)c(Cl)c2)C=C(C#N)C(=C=O)N1. The number of hydrogen-bond donors (Lipinski definition) is 1.